The van der Waals surface area contributed by atoms with Crippen LogP contribution in [0.15, 0.2) is 77.3 Å². The van der Waals surface area contributed by atoms with Crippen molar-refractivity contribution in [1.29, 1.82) is 0 Å². The monoisotopic (exact) mass is 527 g/mol. The first-order valence-electron chi connectivity index (χ1n) is 12.0. The van der Waals surface area contributed by atoms with E-state index in [1.807, 2.05) is 49.5 Å². The number of aliphatic hydroxyl groups is 1. The fourth-order valence-electron chi connectivity index (χ4n) is 4.16. The van der Waals surface area contributed by atoms with E-state index in [0.717, 1.165) is 16.9 Å². The lowest BCUT2D eigenvalue weighted by Gasteiger charge is -2.29. The number of aliphatic hydroxyl groups excluding tert-OH is 1. The van der Waals surface area contributed by atoms with Crippen molar-refractivity contribution in [2.75, 3.05) is 26.4 Å². The maximum absolute atomic E-state index is 13.0. The van der Waals surface area contributed by atoms with Crippen LogP contribution in [0, 0.1) is 0 Å². The van der Waals surface area contributed by atoms with Crippen molar-refractivity contribution in [3.8, 4) is 5.69 Å². The number of hydrogen-bond acceptors (Lipinski definition) is 6. The summed E-state index contributed by atoms with van der Waals surface area (Å²) in [5, 5.41) is 12.4. The molecular formula is C27H30ClN3O6. The zero-order chi connectivity index (χ0) is 26.2. The summed E-state index contributed by atoms with van der Waals surface area (Å²) >= 11 is 5.94. The Morgan fingerprint density at radius 3 is 2.62 bits per heavy atom. The third-order valence-corrected chi connectivity index (χ3v) is 6.20. The van der Waals surface area contributed by atoms with Crippen molar-refractivity contribution in [2.45, 2.75) is 25.2 Å². The molecule has 1 amide bonds. The molecule has 0 radical (unpaired) electrons. The van der Waals surface area contributed by atoms with E-state index in [0.29, 0.717) is 18.0 Å². The van der Waals surface area contributed by atoms with Crippen molar-refractivity contribution in [3.63, 3.8) is 0 Å². The fourth-order valence-corrected chi connectivity index (χ4v) is 4.29. The van der Waals surface area contributed by atoms with Crippen LogP contribution >= 0.6 is 11.6 Å². The minimum Gasteiger partial charge on any atom is -0.459 e. The summed E-state index contributed by atoms with van der Waals surface area (Å²) in [5.74, 6) is -0.584. The van der Waals surface area contributed by atoms with Gasteiger partial charge in [0.1, 0.15) is 0 Å². The van der Waals surface area contributed by atoms with Crippen LogP contribution in [0.5, 0.6) is 0 Å². The van der Waals surface area contributed by atoms with Crippen LogP contribution in [0.3, 0.4) is 0 Å². The van der Waals surface area contributed by atoms with Crippen molar-refractivity contribution in [1.82, 2.24) is 14.7 Å². The summed E-state index contributed by atoms with van der Waals surface area (Å²) in [5.41, 5.74) is 2.19. The number of hydrogen-bond donors (Lipinski definition) is 2. The van der Waals surface area contributed by atoms with Gasteiger partial charge in [0.05, 0.1) is 32.1 Å². The topological polar surface area (TPSA) is 104 Å². The van der Waals surface area contributed by atoms with E-state index >= 15 is 0 Å². The Hall–Kier alpha value is -3.37. The first-order valence-corrected chi connectivity index (χ1v) is 12.4. The van der Waals surface area contributed by atoms with E-state index < -0.39 is 12.2 Å². The molecule has 0 saturated heterocycles. The molecule has 2 N–H and O–H groups in total. The highest BCUT2D eigenvalue weighted by Gasteiger charge is 2.31. The second-order valence-electron chi connectivity index (χ2n) is 8.51. The van der Waals surface area contributed by atoms with Crippen LogP contribution in [0.4, 0.5) is 0 Å². The Balaban J connectivity index is 1.55. The second-order valence-corrected chi connectivity index (χ2v) is 8.95. The number of amides is 1. The minimum atomic E-state index is -0.723. The fraction of sp³-hybridized carbons (Fsp3) is 0.333. The van der Waals surface area contributed by atoms with Crippen LogP contribution in [-0.2, 0) is 32.6 Å². The highest BCUT2D eigenvalue weighted by Crippen LogP contribution is 2.31. The van der Waals surface area contributed by atoms with E-state index in [2.05, 4.69) is 5.32 Å². The lowest BCUT2D eigenvalue weighted by Crippen LogP contribution is -2.33. The predicted octanol–water partition coefficient (Wildman–Crippen LogP) is 2.89. The average molecular weight is 528 g/mol. The molecule has 0 fully saturated rings. The van der Waals surface area contributed by atoms with Crippen molar-refractivity contribution in [3.05, 3.63) is 99.1 Å². The van der Waals surface area contributed by atoms with Crippen LogP contribution in [0.2, 0.25) is 5.02 Å². The van der Waals surface area contributed by atoms with Crippen LogP contribution in [-0.4, -0.2) is 53.1 Å². The Morgan fingerprint density at radius 1 is 1.14 bits per heavy atom. The molecule has 0 spiro atoms. The van der Waals surface area contributed by atoms with Gasteiger partial charge in [0, 0.05) is 42.7 Å². The number of nitrogens with one attached hydrogen (secondary N) is 1. The van der Waals surface area contributed by atoms with Gasteiger partial charge in [-0.2, -0.15) is 0 Å². The normalized spacial score (nSPS) is 17.2. The number of benzene rings is 2. The summed E-state index contributed by atoms with van der Waals surface area (Å²) in [7, 11) is 1.81. The summed E-state index contributed by atoms with van der Waals surface area (Å²) in [6.45, 7) is 0.932. The van der Waals surface area contributed by atoms with E-state index in [9.17, 15) is 9.59 Å². The molecule has 37 heavy (non-hydrogen) atoms. The molecular weight excluding hydrogens is 498 g/mol. The van der Waals surface area contributed by atoms with Crippen LogP contribution in [0.25, 0.3) is 5.69 Å². The van der Waals surface area contributed by atoms with E-state index in [1.165, 1.54) is 0 Å². The molecule has 0 unspecified atom stereocenters. The standard InChI is InChI=1S/C27H30ClN3O6/c1-30-23(17-25(33)31(30)22-5-3-2-4-6-22)20-15-24(37-26(16-20)36-14-13-35-12-11-32)27(34)29-18-19-7-9-21(28)10-8-19/h2-10,15,17,20,26,32H,11-14,16,18H2,1H3,(H,29,34)/t20-,26+/m0/s1. The van der Waals surface area contributed by atoms with Gasteiger partial charge in [-0.3, -0.25) is 14.3 Å². The first-order chi connectivity index (χ1) is 18.0. The maximum Gasteiger partial charge on any atom is 0.286 e. The first kappa shape index (κ1) is 26.7. The molecule has 2 heterocycles. The van der Waals surface area contributed by atoms with Crippen LogP contribution < -0.4 is 10.9 Å². The molecule has 10 heteroatoms. The van der Waals surface area contributed by atoms with Crippen molar-refractivity contribution >= 4 is 17.5 Å². The highest BCUT2D eigenvalue weighted by molar-refractivity contribution is 6.30. The molecule has 1 aliphatic rings. The molecule has 9 nitrogen and oxygen atoms in total. The molecule has 196 valence electrons. The number of nitrogens with zero attached hydrogens (tertiary/aromatic N) is 2. The number of halogens is 1. The largest absolute Gasteiger partial charge is 0.459 e. The van der Waals surface area contributed by atoms with Gasteiger partial charge in [0.25, 0.3) is 11.5 Å². The lowest BCUT2D eigenvalue weighted by atomic mass is 9.97. The average Bonchev–Trinajstić information content (AvgIpc) is 3.22. The zero-order valence-electron chi connectivity index (χ0n) is 20.5. The number of para-hydroxylation sites is 1. The summed E-state index contributed by atoms with van der Waals surface area (Å²) < 4.78 is 20.4. The molecule has 0 aliphatic carbocycles. The van der Waals surface area contributed by atoms with Crippen molar-refractivity contribution < 1.29 is 24.1 Å². The number of carbonyl (C=O) groups excluding carboxylic acids is 1. The van der Waals surface area contributed by atoms with Crippen molar-refractivity contribution in [2.24, 2.45) is 7.05 Å². The molecule has 1 aliphatic heterocycles. The maximum atomic E-state index is 13.0. The van der Waals surface area contributed by atoms with Gasteiger partial charge in [-0.25, -0.2) is 4.68 Å². The van der Waals surface area contributed by atoms with E-state index in [1.54, 1.807) is 33.6 Å². The van der Waals surface area contributed by atoms with Gasteiger partial charge in [-0.15, -0.1) is 0 Å². The molecule has 0 bridgehead atoms. The minimum absolute atomic E-state index is 0.0743. The van der Waals surface area contributed by atoms with E-state index in [-0.39, 0.29) is 43.7 Å². The Bertz CT molecular complexity index is 1270. The molecule has 3 aromatic rings. The summed E-state index contributed by atoms with van der Waals surface area (Å²) in [6.07, 6.45) is 1.41. The lowest BCUT2D eigenvalue weighted by molar-refractivity contribution is -0.151. The Morgan fingerprint density at radius 2 is 1.89 bits per heavy atom. The Labute approximate surface area is 219 Å². The van der Waals surface area contributed by atoms with Gasteiger partial charge in [-0.1, -0.05) is 41.9 Å². The third kappa shape index (κ3) is 6.90. The third-order valence-electron chi connectivity index (χ3n) is 5.95. The van der Waals surface area contributed by atoms with Gasteiger partial charge >= 0.3 is 0 Å². The van der Waals surface area contributed by atoms with E-state index in [4.69, 9.17) is 30.9 Å². The van der Waals surface area contributed by atoms with Gasteiger partial charge in [0.15, 0.2) is 5.76 Å². The zero-order valence-corrected chi connectivity index (χ0v) is 21.3. The molecule has 1 aromatic heterocycles. The smallest absolute Gasteiger partial charge is 0.286 e. The Kier molecular flexibility index (Phi) is 9.19. The molecule has 2 atom stereocenters. The number of aromatic nitrogens is 2. The number of carbonyl (C=O) groups is 1. The quantitative estimate of drug-likeness (QED) is 0.372. The predicted molar refractivity (Wildman–Crippen MR) is 138 cm³/mol. The number of rotatable bonds is 11. The molecule has 0 saturated carbocycles. The summed E-state index contributed by atoms with van der Waals surface area (Å²) in [4.78, 5) is 25.9. The SMILES string of the molecule is Cn1c([C@H]2C=C(C(=O)NCc3ccc(Cl)cc3)O[C@@H](OCCOCCO)C2)cc(=O)n1-c1ccccc1. The van der Waals surface area contributed by atoms with Gasteiger partial charge < -0.3 is 24.6 Å². The highest BCUT2D eigenvalue weighted by atomic mass is 35.5. The number of allylic oxidation sites excluding steroid dienone is 1. The molecule has 4 rings (SSSR count). The van der Waals surface area contributed by atoms with Crippen LogP contribution in [0.1, 0.15) is 23.6 Å². The molecule has 2 aromatic carbocycles. The number of ether oxygens (including phenoxy) is 3. The summed E-state index contributed by atoms with van der Waals surface area (Å²) in [6, 6.07) is 18.1. The van der Waals surface area contributed by atoms with Gasteiger partial charge in [0.2, 0.25) is 6.29 Å². The second kappa shape index (κ2) is 12.7. The van der Waals surface area contributed by atoms with Gasteiger partial charge in [-0.05, 0) is 35.9 Å².